The minimum atomic E-state index is 0.0898. The predicted molar refractivity (Wildman–Crippen MR) is 84.7 cm³/mol. The lowest BCUT2D eigenvalue weighted by Gasteiger charge is -2.36. The maximum Gasteiger partial charge on any atom is 0.222 e. The maximum absolute atomic E-state index is 12.1. The smallest absolute Gasteiger partial charge is 0.222 e. The summed E-state index contributed by atoms with van der Waals surface area (Å²) >= 11 is 0. The van der Waals surface area contributed by atoms with Gasteiger partial charge in [-0.3, -0.25) is 4.79 Å². The average Bonchev–Trinajstić information content (AvgIpc) is 2.52. The molecule has 0 saturated carbocycles. The normalized spacial score (nSPS) is 16.7. The number of benzene rings is 1. The first-order chi connectivity index (χ1) is 10.1. The van der Waals surface area contributed by atoms with Crippen molar-refractivity contribution in [2.75, 3.05) is 38.2 Å². The topological polar surface area (TPSA) is 58.8 Å². The number of methoxy groups -OCH3 is 1. The molecular weight excluding hydrogens is 266 g/mol. The molecule has 0 radical (unpaired) electrons. The van der Waals surface area contributed by atoms with Gasteiger partial charge in [-0.25, -0.2) is 0 Å². The molecule has 21 heavy (non-hydrogen) atoms. The van der Waals surface area contributed by atoms with Gasteiger partial charge in [0.15, 0.2) is 0 Å². The largest absolute Gasteiger partial charge is 0.497 e. The van der Waals surface area contributed by atoms with Crippen molar-refractivity contribution in [3.8, 4) is 5.75 Å². The molecule has 1 heterocycles. The predicted octanol–water partition coefficient (Wildman–Crippen LogP) is 1.47. The molecule has 116 valence electrons. The van der Waals surface area contributed by atoms with Crippen molar-refractivity contribution in [3.63, 3.8) is 0 Å². The molecular formula is C16H25N3O2. The van der Waals surface area contributed by atoms with Crippen molar-refractivity contribution >= 4 is 11.6 Å². The summed E-state index contributed by atoms with van der Waals surface area (Å²) in [4.78, 5) is 16.3. The van der Waals surface area contributed by atoms with Crippen molar-refractivity contribution in [2.24, 2.45) is 5.73 Å². The molecule has 5 nitrogen and oxygen atoms in total. The van der Waals surface area contributed by atoms with Crippen LogP contribution in [0, 0.1) is 0 Å². The minimum absolute atomic E-state index is 0.0898. The number of ether oxygens (including phenoxy) is 1. The molecule has 0 aromatic heterocycles. The second-order valence-electron chi connectivity index (χ2n) is 5.59. The van der Waals surface area contributed by atoms with Gasteiger partial charge in [-0.2, -0.15) is 0 Å². The Hall–Kier alpha value is -1.75. The second kappa shape index (κ2) is 7.31. The van der Waals surface area contributed by atoms with Crippen LogP contribution in [-0.4, -0.2) is 50.1 Å². The van der Waals surface area contributed by atoms with Crippen LogP contribution in [0.25, 0.3) is 0 Å². The lowest BCUT2D eigenvalue weighted by Crippen LogP contribution is -2.48. The molecule has 0 aliphatic carbocycles. The van der Waals surface area contributed by atoms with Gasteiger partial charge >= 0.3 is 0 Å². The zero-order valence-electron chi connectivity index (χ0n) is 12.9. The van der Waals surface area contributed by atoms with E-state index in [1.807, 2.05) is 30.0 Å². The number of carbonyl (C=O) groups is 1. The fourth-order valence-electron chi connectivity index (χ4n) is 2.53. The summed E-state index contributed by atoms with van der Waals surface area (Å²) < 4.78 is 5.26. The van der Waals surface area contributed by atoms with Crippen LogP contribution >= 0.6 is 0 Å². The Labute approximate surface area is 126 Å². The van der Waals surface area contributed by atoms with Crippen molar-refractivity contribution in [3.05, 3.63) is 24.3 Å². The van der Waals surface area contributed by atoms with Gasteiger partial charge in [0.25, 0.3) is 0 Å². The van der Waals surface area contributed by atoms with E-state index in [0.29, 0.717) is 6.42 Å². The molecule has 0 bridgehead atoms. The Morgan fingerprint density at radius 2 is 2.05 bits per heavy atom. The van der Waals surface area contributed by atoms with Gasteiger partial charge in [0.2, 0.25) is 5.91 Å². The zero-order chi connectivity index (χ0) is 15.2. The number of anilines is 1. The van der Waals surface area contributed by atoms with Gasteiger partial charge in [0, 0.05) is 50.4 Å². The molecule has 0 spiro atoms. The van der Waals surface area contributed by atoms with Crippen LogP contribution in [0.2, 0.25) is 0 Å². The highest BCUT2D eigenvalue weighted by Gasteiger charge is 2.21. The first-order valence-corrected chi connectivity index (χ1v) is 7.52. The monoisotopic (exact) mass is 291 g/mol. The SMILES string of the molecule is COc1cccc(N2CCN(C(=O)CCC(C)N)CC2)c1. The highest BCUT2D eigenvalue weighted by atomic mass is 16.5. The summed E-state index contributed by atoms with van der Waals surface area (Å²) in [5.41, 5.74) is 6.85. The summed E-state index contributed by atoms with van der Waals surface area (Å²) in [5.74, 6) is 1.08. The molecule has 5 heteroatoms. The quantitative estimate of drug-likeness (QED) is 0.892. The van der Waals surface area contributed by atoms with E-state index in [1.54, 1.807) is 7.11 Å². The number of nitrogens with two attached hydrogens (primary N) is 1. The van der Waals surface area contributed by atoms with Crippen LogP contribution in [0.5, 0.6) is 5.75 Å². The Bertz CT molecular complexity index is 468. The average molecular weight is 291 g/mol. The van der Waals surface area contributed by atoms with Crippen LogP contribution in [-0.2, 0) is 4.79 Å². The van der Waals surface area contributed by atoms with E-state index in [1.165, 1.54) is 0 Å². The summed E-state index contributed by atoms with van der Waals surface area (Å²) in [7, 11) is 1.67. The fourth-order valence-corrected chi connectivity index (χ4v) is 2.53. The number of piperazine rings is 1. The Morgan fingerprint density at radius 1 is 1.33 bits per heavy atom. The van der Waals surface area contributed by atoms with E-state index in [4.69, 9.17) is 10.5 Å². The molecule has 2 rings (SSSR count). The van der Waals surface area contributed by atoms with E-state index in [2.05, 4.69) is 11.0 Å². The molecule has 1 aromatic carbocycles. The zero-order valence-corrected chi connectivity index (χ0v) is 12.9. The van der Waals surface area contributed by atoms with E-state index >= 15 is 0 Å². The third kappa shape index (κ3) is 4.36. The highest BCUT2D eigenvalue weighted by Crippen LogP contribution is 2.22. The number of carbonyl (C=O) groups excluding carboxylic acids is 1. The van der Waals surface area contributed by atoms with Gasteiger partial charge in [-0.1, -0.05) is 6.07 Å². The molecule has 1 atom stereocenters. The second-order valence-corrected chi connectivity index (χ2v) is 5.59. The van der Waals surface area contributed by atoms with Gasteiger partial charge < -0.3 is 20.3 Å². The highest BCUT2D eigenvalue weighted by molar-refractivity contribution is 5.76. The maximum atomic E-state index is 12.1. The number of nitrogens with zero attached hydrogens (tertiary/aromatic N) is 2. The molecule has 1 aromatic rings. The third-order valence-corrected chi connectivity index (χ3v) is 3.86. The van der Waals surface area contributed by atoms with Gasteiger partial charge in [0.05, 0.1) is 7.11 Å². The number of rotatable bonds is 5. The molecule has 1 aliphatic rings. The van der Waals surface area contributed by atoms with Crippen molar-refractivity contribution in [1.29, 1.82) is 0 Å². The molecule has 1 amide bonds. The lowest BCUT2D eigenvalue weighted by atomic mass is 10.1. The van der Waals surface area contributed by atoms with Crippen molar-refractivity contribution < 1.29 is 9.53 Å². The molecule has 2 N–H and O–H groups in total. The standard InChI is InChI=1S/C16H25N3O2/c1-13(17)6-7-16(20)19-10-8-18(9-11-19)14-4-3-5-15(12-14)21-2/h3-5,12-13H,6-11,17H2,1-2H3. The molecule has 1 aliphatic heterocycles. The van der Waals surface area contributed by atoms with E-state index < -0.39 is 0 Å². The summed E-state index contributed by atoms with van der Waals surface area (Å²) in [6.45, 7) is 5.20. The van der Waals surface area contributed by atoms with Crippen LogP contribution in [0.3, 0.4) is 0 Å². The molecule has 1 fully saturated rings. The van der Waals surface area contributed by atoms with Crippen LogP contribution in [0.15, 0.2) is 24.3 Å². The number of hydrogen-bond donors (Lipinski definition) is 1. The van der Waals surface area contributed by atoms with Crippen LogP contribution < -0.4 is 15.4 Å². The van der Waals surface area contributed by atoms with E-state index in [0.717, 1.165) is 44.0 Å². The van der Waals surface area contributed by atoms with Crippen LogP contribution in [0.1, 0.15) is 19.8 Å². The minimum Gasteiger partial charge on any atom is -0.497 e. The van der Waals surface area contributed by atoms with E-state index in [-0.39, 0.29) is 11.9 Å². The Kier molecular flexibility index (Phi) is 5.44. The van der Waals surface area contributed by atoms with Gasteiger partial charge in [-0.05, 0) is 25.5 Å². The number of amides is 1. The summed E-state index contributed by atoms with van der Waals surface area (Å²) in [5, 5.41) is 0. The van der Waals surface area contributed by atoms with Gasteiger partial charge in [0.1, 0.15) is 5.75 Å². The van der Waals surface area contributed by atoms with Crippen LogP contribution in [0.4, 0.5) is 5.69 Å². The lowest BCUT2D eigenvalue weighted by molar-refractivity contribution is -0.131. The Balaban J connectivity index is 1.86. The van der Waals surface area contributed by atoms with Gasteiger partial charge in [-0.15, -0.1) is 0 Å². The summed E-state index contributed by atoms with van der Waals surface area (Å²) in [6.07, 6.45) is 1.31. The number of hydrogen-bond acceptors (Lipinski definition) is 4. The Morgan fingerprint density at radius 3 is 2.67 bits per heavy atom. The summed E-state index contributed by atoms with van der Waals surface area (Å²) in [6, 6.07) is 8.14. The van der Waals surface area contributed by atoms with Crippen molar-refractivity contribution in [1.82, 2.24) is 4.90 Å². The first-order valence-electron chi connectivity index (χ1n) is 7.52. The fraction of sp³-hybridized carbons (Fsp3) is 0.562. The third-order valence-electron chi connectivity index (χ3n) is 3.86. The molecule has 1 unspecified atom stereocenters. The first kappa shape index (κ1) is 15.6. The molecule has 1 saturated heterocycles. The van der Waals surface area contributed by atoms with Crippen molar-refractivity contribution in [2.45, 2.75) is 25.8 Å². The van der Waals surface area contributed by atoms with E-state index in [9.17, 15) is 4.79 Å².